The number of allylic oxidation sites excluding steroid dienone is 2. The van der Waals surface area contributed by atoms with E-state index in [1.54, 1.807) is 0 Å². The van der Waals surface area contributed by atoms with Crippen molar-refractivity contribution in [2.45, 2.75) is 129 Å². The molecule has 0 nitrogen and oxygen atoms in total. The van der Waals surface area contributed by atoms with Crippen LogP contribution in [0.15, 0.2) is 12.2 Å². The van der Waals surface area contributed by atoms with Gasteiger partial charge in [0.1, 0.15) is 0 Å². The predicted octanol–water partition coefficient (Wildman–Crippen LogP) is 10.2. The van der Waals surface area contributed by atoms with E-state index in [0.29, 0.717) is 33.5 Å². The Kier molecular flexibility index (Phi) is 13.6. The van der Waals surface area contributed by atoms with Crippen LogP contribution >= 0.6 is 0 Å². The molecule has 0 aromatic rings. The van der Waals surface area contributed by atoms with E-state index in [-0.39, 0.29) is 0 Å². The quantitative estimate of drug-likeness (QED) is 0.285. The number of terminal acetylenes is 1. The average molecular weight is 419 g/mol. The van der Waals surface area contributed by atoms with Crippen molar-refractivity contribution in [2.24, 2.45) is 39.4 Å². The predicted molar refractivity (Wildman–Crippen MR) is 141 cm³/mol. The molecule has 0 aliphatic rings. The van der Waals surface area contributed by atoms with Crippen molar-refractivity contribution < 1.29 is 0 Å². The first-order chi connectivity index (χ1) is 13.2. The van der Waals surface area contributed by atoms with Gasteiger partial charge in [0.15, 0.2) is 0 Å². The molecule has 30 heavy (non-hydrogen) atoms. The zero-order valence-corrected chi connectivity index (χ0v) is 23.5. The van der Waals surface area contributed by atoms with Crippen LogP contribution in [0.3, 0.4) is 0 Å². The van der Waals surface area contributed by atoms with E-state index < -0.39 is 0 Å². The van der Waals surface area contributed by atoms with Gasteiger partial charge in [-0.2, -0.15) is 0 Å². The lowest BCUT2D eigenvalue weighted by Crippen LogP contribution is -2.31. The molecule has 0 heteroatoms. The SMILES string of the molecule is C#CCC(/C=C\CCC)C(CC(C)(C)C)C(C)(C)C.CC(CC(C)(C)C)C(C)(C)C. The molecule has 0 amide bonds. The molecule has 0 aliphatic heterocycles. The van der Waals surface area contributed by atoms with E-state index in [1.807, 2.05) is 0 Å². The highest BCUT2D eigenvalue weighted by Gasteiger charge is 2.33. The van der Waals surface area contributed by atoms with E-state index in [0.717, 1.165) is 18.8 Å². The molecule has 0 aromatic heterocycles. The summed E-state index contributed by atoms with van der Waals surface area (Å²) in [6.07, 6.45) is 16.1. The van der Waals surface area contributed by atoms with Crippen LogP contribution in [-0.2, 0) is 0 Å². The molecule has 0 aliphatic carbocycles. The zero-order chi connectivity index (χ0) is 24.4. The second-order valence-electron chi connectivity index (χ2n) is 14.1. The molecular formula is C30H58. The largest absolute Gasteiger partial charge is 0.120 e. The Labute approximate surface area is 193 Å². The van der Waals surface area contributed by atoms with Gasteiger partial charge in [0.25, 0.3) is 0 Å². The third-order valence-electron chi connectivity index (χ3n) is 6.05. The molecule has 0 fully saturated rings. The van der Waals surface area contributed by atoms with Crippen molar-refractivity contribution in [2.75, 3.05) is 0 Å². The standard InChI is InChI=1S/C19H34.C11H24/c1-9-11-12-14-16(13-10-2)17(19(6,7)8)15-18(3,4)5;1-9(11(5,6)7)8-10(2,3)4/h2,12,14,16-17H,9,11,13,15H2,1,3-8H3;9H,8H2,1-7H3/b14-12-;. The summed E-state index contributed by atoms with van der Waals surface area (Å²) in [7, 11) is 0. The van der Waals surface area contributed by atoms with Crippen LogP contribution in [0.4, 0.5) is 0 Å². The molecule has 0 heterocycles. The summed E-state index contributed by atoms with van der Waals surface area (Å²) in [5.41, 5.74) is 1.59. The maximum atomic E-state index is 5.59. The van der Waals surface area contributed by atoms with E-state index in [1.165, 1.54) is 19.3 Å². The van der Waals surface area contributed by atoms with Crippen LogP contribution in [0.2, 0.25) is 0 Å². The van der Waals surface area contributed by atoms with E-state index in [9.17, 15) is 0 Å². The molecule has 0 bridgehead atoms. The van der Waals surface area contributed by atoms with Crippen LogP contribution < -0.4 is 0 Å². The Morgan fingerprint density at radius 1 is 0.767 bits per heavy atom. The van der Waals surface area contributed by atoms with Gasteiger partial charge in [-0.05, 0) is 58.7 Å². The number of rotatable bonds is 7. The Balaban J connectivity index is 0. The summed E-state index contributed by atoms with van der Waals surface area (Å²) in [5.74, 6) is 4.84. The monoisotopic (exact) mass is 418 g/mol. The van der Waals surface area contributed by atoms with Crippen molar-refractivity contribution >= 4 is 0 Å². The highest BCUT2D eigenvalue weighted by Crippen LogP contribution is 2.42. The third kappa shape index (κ3) is 17.0. The topological polar surface area (TPSA) is 0 Å². The van der Waals surface area contributed by atoms with Gasteiger partial charge in [0.05, 0.1) is 0 Å². The fraction of sp³-hybridized carbons (Fsp3) is 0.867. The second kappa shape index (κ2) is 13.0. The minimum atomic E-state index is 0.297. The fourth-order valence-electron chi connectivity index (χ4n) is 3.90. The van der Waals surface area contributed by atoms with Crippen molar-refractivity contribution in [3.63, 3.8) is 0 Å². The van der Waals surface area contributed by atoms with Gasteiger partial charge in [0.2, 0.25) is 0 Å². The molecule has 3 unspecified atom stereocenters. The summed E-state index contributed by atoms with van der Waals surface area (Å²) >= 11 is 0. The van der Waals surface area contributed by atoms with E-state index in [2.05, 4.69) is 115 Å². The van der Waals surface area contributed by atoms with E-state index in [4.69, 9.17) is 6.42 Å². The third-order valence-corrected chi connectivity index (χ3v) is 6.05. The van der Waals surface area contributed by atoms with Crippen molar-refractivity contribution in [3.05, 3.63) is 12.2 Å². The Hall–Kier alpha value is -0.700. The van der Waals surface area contributed by atoms with E-state index >= 15 is 0 Å². The van der Waals surface area contributed by atoms with Crippen LogP contribution in [0.1, 0.15) is 129 Å². The van der Waals surface area contributed by atoms with Gasteiger partial charge in [-0.15, -0.1) is 12.3 Å². The summed E-state index contributed by atoms with van der Waals surface area (Å²) in [6, 6.07) is 0. The zero-order valence-electron chi connectivity index (χ0n) is 23.5. The van der Waals surface area contributed by atoms with Gasteiger partial charge in [0, 0.05) is 6.42 Å². The Bertz CT molecular complexity index is 499. The molecule has 3 atom stereocenters. The molecule has 0 aromatic carbocycles. The molecule has 0 saturated heterocycles. The lowest BCUT2D eigenvalue weighted by molar-refractivity contribution is 0.124. The molecule has 0 N–H and O–H groups in total. The first-order valence-corrected chi connectivity index (χ1v) is 12.3. The maximum absolute atomic E-state index is 5.59. The first kappa shape index (κ1) is 31.5. The highest BCUT2D eigenvalue weighted by molar-refractivity contribution is 5.02. The maximum Gasteiger partial charge on any atom is 0.0152 e. The lowest BCUT2D eigenvalue weighted by Gasteiger charge is -2.39. The number of hydrogen-bond acceptors (Lipinski definition) is 0. The summed E-state index contributed by atoms with van der Waals surface area (Å²) in [4.78, 5) is 0. The molecule has 0 spiro atoms. The molecular weight excluding hydrogens is 360 g/mol. The Morgan fingerprint density at radius 3 is 1.50 bits per heavy atom. The van der Waals surface area contributed by atoms with Gasteiger partial charge in [-0.1, -0.05) is 116 Å². The minimum absolute atomic E-state index is 0.297. The summed E-state index contributed by atoms with van der Waals surface area (Å²) in [6.45, 7) is 32.5. The summed E-state index contributed by atoms with van der Waals surface area (Å²) < 4.78 is 0. The molecule has 178 valence electrons. The van der Waals surface area contributed by atoms with Gasteiger partial charge >= 0.3 is 0 Å². The van der Waals surface area contributed by atoms with Crippen molar-refractivity contribution in [1.29, 1.82) is 0 Å². The molecule has 0 saturated carbocycles. The normalized spacial score (nSPS) is 16.4. The number of unbranched alkanes of at least 4 members (excludes halogenated alkanes) is 1. The number of hydrogen-bond donors (Lipinski definition) is 0. The van der Waals surface area contributed by atoms with Crippen LogP contribution in [0.25, 0.3) is 0 Å². The van der Waals surface area contributed by atoms with Gasteiger partial charge in [-0.3, -0.25) is 0 Å². The average Bonchev–Trinajstić information content (AvgIpc) is 2.48. The van der Waals surface area contributed by atoms with Crippen LogP contribution in [-0.4, -0.2) is 0 Å². The lowest BCUT2D eigenvalue weighted by atomic mass is 9.65. The van der Waals surface area contributed by atoms with Crippen molar-refractivity contribution in [3.8, 4) is 12.3 Å². The summed E-state index contributed by atoms with van der Waals surface area (Å²) in [5, 5.41) is 0. The van der Waals surface area contributed by atoms with Crippen LogP contribution in [0.5, 0.6) is 0 Å². The first-order valence-electron chi connectivity index (χ1n) is 12.3. The fourth-order valence-corrected chi connectivity index (χ4v) is 3.90. The minimum Gasteiger partial charge on any atom is -0.120 e. The van der Waals surface area contributed by atoms with Gasteiger partial charge < -0.3 is 0 Å². The highest BCUT2D eigenvalue weighted by atomic mass is 14.4. The Morgan fingerprint density at radius 2 is 1.23 bits per heavy atom. The van der Waals surface area contributed by atoms with Gasteiger partial charge in [-0.25, -0.2) is 0 Å². The van der Waals surface area contributed by atoms with Crippen molar-refractivity contribution in [1.82, 2.24) is 0 Å². The molecule has 0 radical (unpaired) electrons. The molecule has 0 rings (SSSR count). The second-order valence-corrected chi connectivity index (χ2v) is 14.1. The van der Waals surface area contributed by atoms with Crippen LogP contribution in [0, 0.1) is 51.8 Å². The smallest absolute Gasteiger partial charge is 0.0152 e.